The predicted molar refractivity (Wildman–Crippen MR) is 76.9 cm³/mol. The second-order valence-electron chi connectivity index (χ2n) is 5.50. The van der Waals surface area contributed by atoms with Gasteiger partial charge in [0.05, 0.1) is 12.5 Å². The first kappa shape index (κ1) is 16.9. The second-order valence-corrected chi connectivity index (χ2v) is 5.50. The van der Waals surface area contributed by atoms with E-state index in [2.05, 4.69) is 11.8 Å². The van der Waals surface area contributed by atoms with Crippen LogP contribution in [0.25, 0.3) is 0 Å². The fourth-order valence-corrected chi connectivity index (χ4v) is 2.68. The van der Waals surface area contributed by atoms with Crippen LogP contribution in [0.3, 0.4) is 0 Å². The van der Waals surface area contributed by atoms with Gasteiger partial charge in [0, 0.05) is 25.6 Å². The molecule has 1 fully saturated rings. The first-order valence-corrected chi connectivity index (χ1v) is 7.41. The summed E-state index contributed by atoms with van der Waals surface area (Å²) in [4.78, 5) is 27.0. The van der Waals surface area contributed by atoms with Crippen LogP contribution >= 0.6 is 0 Å². The van der Waals surface area contributed by atoms with Crippen molar-refractivity contribution in [1.82, 2.24) is 9.80 Å². The highest BCUT2D eigenvalue weighted by Gasteiger charge is 2.35. The van der Waals surface area contributed by atoms with Gasteiger partial charge in [0.25, 0.3) is 0 Å². The van der Waals surface area contributed by atoms with Crippen LogP contribution in [0.5, 0.6) is 0 Å². The fraction of sp³-hybridized carbons (Fsp3) is 0.857. The number of nitrogens with two attached hydrogens (primary N) is 1. The van der Waals surface area contributed by atoms with Gasteiger partial charge in [-0.25, -0.2) is 0 Å². The van der Waals surface area contributed by atoms with Crippen molar-refractivity contribution in [1.29, 1.82) is 0 Å². The molecule has 20 heavy (non-hydrogen) atoms. The number of carbonyl (C=O) groups is 2. The summed E-state index contributed by atoms with van der Waals surface area (Å²) in [5.41, 5.74) is 5.27. The molecule has 0 aromatic heterocycles. The molecule has 0 aliphatic carbocycles. The lowest BCUT2D eigenvalue weighted by molar-refractivity contribution is -0.130. The minimum atomic E-state index is -0.381. The monoisotopic (exact) mass is 285 g/mol. The lowest BCUT2D eigenvalue weighted by Gasteiger charge is -2.26. The van der Waals surface area contributed by atoms with Crippen molar-refractivity contribution >= 4 is 11.8 Å². The molecule has 0 spiro atoms. The highest BCUT2D eigenvalue weighted by atomic mass is 16.3. The second kappa shape index (κ2) is 8.21. The van der Waals surface area contributed by atoms with E-state index in [4.69, 9.17) is 10.8 Å². The fourth-order valence-electron chi connectivity index (χ4n) is 2.68. The van der Waals surface area contributed by atoms with Crippen LogP contribution in [0.4, 0.5) is 0 Å². The number of carbonyl (C=O) groups excluding carboxylic acids is 2. The molecule has 2 amide bonds. The molecule has 2 unspecified atom stereocenters. The molecule has 0 radical (unpaired) electrons. The van der Waals surface area contributed by atoms with E-state index in [1.165, 1.54) is 0 Å². The molecule has 3 N–H and O–H groups in total. The molecule has 0 aromatic rings. The number of aliphatic hydroxyl groups is 1. The summed E-state index contributed by atoms with van der Waals surface area (Å²) in [6.07, 6.45) is 2.13. The first-order chi connectivity index (χ1) is 9.49. The van der Waals surface area contributed by atoms with Crippen molar-refractivity contribution in [2.75, 3.05) is 32.8 Å². The van der Waals surface area contributed by atoms with Gasteiger partial charge in [-0.2, -0.15) is 0 Å². The minimum absolute atomic E-state index is 0.0315. The van der Waals surface area contributed by atoms with E-state index in [0.717, 1.165) is 25.9 Å². The number of hydrogen-bond acceptors (Lipinski definition) is 4. The Labute approximate surface area is 120 Å². The summed E-state index contributed by atoms with van der Waals surface area (Å²) in [6.45, 7) is 7.25. The smallest absolute Gasteiger partial charge is 0.223 e. The van der Waals surface area contributed by atoms with Gasteiger partial charge in [-0.1, -0.05) is 6.92 Å². The number of amides is 2. The molecule has 116 valence electrons. The van der Waals surface area contributed by atoms with Gasteiger partial charge in [-0.05, 0) is 32.9 Å². The maximum absolute atomic E-state index is 11.9. The van der Waals surface area contributed by atoms with Gasteiger partial charge in [-0.15, -0.1) is 0 Å². The zero-order valence-corrected chi connectivity index (χ0v) is 12.5. The van der Waals surface area contributed by atoms with Gasteiger partial charge in [0.2, 0.25) is 11.8 Å². The number of rotatable bonds is 9. The molecule has 2 atom stereocenters. The topological polar surface area (TPSA) is 86.9 Å². The Morgan fingerprint density at radius 1 is 1.55 bits per heavy atom. The maximum Gasteiger partial charge on any atom is 0.223 e. The molecule has 0 bridgehead atoms. The molecular formula is C14H27N3O3. The number of likely N-dealkylation sites (N-methyl/N-ethyl adjacent to an activating group) is 1. The van der Waals surface area contributed by atoms with E-state index in [-0.39, 0.29) is 36.8 Å². The van der Waals surface area contributed by atoms with Crippen LogP contribution in [0.2, 0.25) is 0 Å². The van der Waals surface area contributed by atoms with Gasteiger partial charge >= 0.3 is 0 Å². The third-order valence-electron chi connectivity index (χ3n) is 4.05. The van der Waals surface area contributed by atoms with Crippen LogP contribution < -0.4 is 5.73 Å². The Kier molecular flexibility index (Phi) is 6.95. The summed E-state index contributed by atoms with van der Waals surface area (Å²) in [6, 6.07) is 0.139. The van der Waals surface area contributed by atoms with Crippen molar-refractivity contribution < 1.29 is 14.7 Å². The van der Waals surface area contributed by atoms with Crippen molar-refractivity contribution in [2.45, 2.75) is 39.2 Å². The van der Waals surface area contributed by atoms with E-state index in [0.29, 0.717) is 13.1 Å². The van der Waals surface area contributed by atoms with E-state index < -0.39 is 0 Å². The van der Waals surface area contributed by atoms with Crippen molar-refractivity contribution in [3.05, 3.63) is 0 Å². The summed E-state index contributed by atoms with van der Waals surface area (Å²) < 4.78 is 0. The molecular weight excluding hydrogens is 258 g/mol. The van der Waals surface area contributed by atoms with Crippen molar-refractivity contribution in [3.63, 3.8) is 0 Å². The number of hydrogen-bond donors (Lipinski definition) is 2. The highest BCUT2D eigenvalue weighted by Crippen LogP contribution is 2.21. The van der Waals surface area contributed by atoms with Crippen LogP contribution in [0.1, 0.15) is 33.1 Å². The van der Waals surface area contributed by atoms with Gasteiger partial charge in [-0.3, -0.25) is 9.59 Å². The molecule has 1 heterocycles. The molecule has 1 rings (SSSR count). The SMILES string of the molecule is CCN(CCO)CCCC(C)N1CC(C(N)=O)CC1=O. The minimum Gasteiger partial charge on any atom is -0.395 e. The van der Waals surface area contributed by atoms with Crippen LogP contribution in [-0.2, 0) is 9.59 Å². The normalized spacial score (nSPS) is 20.7. The van der Waals surface area contributed by atoms with Crippen molar-refractivity contribution in [3.8, 4) is 0 Å². The number of likely N-dealkylation sites (tertiary alicyclic amines) is 1. The van der Waals surface area contributed by atoms with Gasteiger partial charge < -0.3 is 20.6 Å². The maximum atomic E-state index is 11.9. The Hall–Kier alpha value is -1.14. The quantitative estimate of drug-likeness (QED) is 0.614. The summed E-state index contributed by atoms with van der Waals surface area (Å²) >= 11 is 0. The average Bonchev–Trinajstić information content (AvgIpc) is 2.80. The standard InChI is InChI=1S/C14H27N3O3/c1-3-16(7-8-18)6-4-5-11(2)17-10-12(14(15)20)9-13(17)19/h11-12,18H,3-10H2,1-2H3,(H2,15,20). The third-order valence-corrected chi connectivity index (χ3v) is 4.05. The summed E-state index contributed by atoms with van der Waals surface area (Å²) in [5.74, 6) is -0.677. The lowest BCUT2D eigenvalue weighted by Crippen LogP contribution is -2.36. The Bertz CT molecular complexity index is 336. The summed E-state index contributed by atoms with van der Waals surface area (Å²) in [7, 11) is 0. The van der Waals surface area contributed by atoms with E-state index in [9.17, 15) is 9.59 Å². The molecule has 1 aliphatic heterocycles. The van der Waals surface area contributed by atoms with E-state index in [1.54, 1.807) is 4.90 Å². The van der Waals surface area contributed by atoms with Gasteiger partial charge in [0.1, 0.15) is 0 Å². The summed E-state index contributed by atoms with van der Waals surface area (Å²) in [5, 5.41) is 8.93. The molecule has 6 nitrogen and oxygen atoms in total. The zero-order chi connectivity index (χ0) is 15.1. The Morgan fingerprint density at radius 2 is 2.25 bits per heavy atom. The van der Waals surface area contributed by atoms with Crippen LogP contribution in [0, 0.1) is 5.92 Å². The molecule has 1 aliphatic rings. The molecule has 0 aromatic carbocycles. The van der Waals surface area contributed by atoms with Crippen LogP contribution in [0.15, 0.2) is 0 Å². The zero-order valence-electron chi connectivity index (χ0n) is 12.5. The number of aliphatic hydroxyl groups excluding tert-OH is 1. The van der Waals surface area contributed by atoms with E-state index in [1.807, 2.05) is 6.92 Å². The number of primary amides is 1. The Morgan fingerprint density at radius 3 is 2.75 bits per heavy atom. The molecule has 0 saturated carbocycles. The molecule has 1 saturated heterocycles. The van der Waals surface area contributed by atoms with Gasteiger partial charge in [0.15, 0.2) is 0 Å². The Balaban J connectivity index is 2.34. The predicted octanol–water partition coefficient (Wildman–Crippen LogP) is -0.197. The first-order valence-electron chi connectivity index (χ1n) is 7.41. The van der Waals surface area contributed by atoms with Crippen LogP contribution in [-0.4, -0.2) is 65.5 Å². The van der Waals surface area contributed by atoms with E-state index >= 15 is 0 Å². The highest BCUT2D eigenvalue weighted by molar-refractivity contribution is 5.88. The average molecular weight is 285 g/mol. The molecule has 6 heteroatoms. The third kappa shape index (κ3) is 4.76. The van der Waals surface area contributed by atoms with Crippen molar-refractivity contribution in [2.24, 2.45) is 11.7 Å². The lowest BCUT2D eigenvalue weighted by atomic mass is 10.1. The largest absolute Gasteiger partial charge is 0.395 e. The number of nitrogens with zero attached hydrogens (tertiary/aromatic N) is 2.